The van der Waals surface area contributed by atoms with E-state index in [9.17, 15) is 13.2 Å². The van der Waals surface area contributed by atoms with Gasteiger partial charge in [-0.2, -0.15) is 12.7 Å². The van der Waals surface area contributed by atoms with Gasteiger partial charge in [0.15, 0.2) is 0 Å². The Balaban J connectivity index is 1.48. The molecule has 2 saturated heterocycles. The van der Waals surface area contributed by atoms with E-state index < -0.39 is 16.1 Å². The summed E-state index contributed by atoms with van der Waals surface area (Å²) in [5, 5.41) is 0. The first kappa shape index (κ1) is 19.3. The van der Waals surface area contributed by atoms with Gasteiger partial charge in [0, 0.05) is 31.7 Å². The third kappa shape index (κ3) is 5.03. The molecule has 26 heavy (non-hydrogen) atoms. The number of hydrogen-bond acceptors (Lipinski definition) is 5. The number of rotatable bonds is 5. The fraction of sp³-hybridized carbons (Fsp3) is 0.611. The van der Waals surface area contributed by atoms with Gasteiger partial charge in [0.2, 0.25) is 0 Å². The first-order valence-electron chi connectivity index (χ1n) is 9.15. The summed E-state index contributed by atoms with van der Waals surface area (Å²) in [5.41, 5.74) is 0.330. The van der Waals surface area contributed by atoms with Crippen molar-refractivity contribution in [3.63, 3.8) is 0 Å². The minimum Gasteiger partial charge on any atom is -0.375 e. The van der Waals surface area contributed by atoms with Crippen molar-refractivity contribution in [2.24, 2.45) is 0 Å². The predicted molar refractivity (Wildman–Crippen MR) is 99.0 cm³/mol. The number of ether oxygens (including phenoxy) is 1. The second kappa shape index (κ2) is 8.47. The number of carbonyl (C=O) groups excluding carboxylic acids is 1. The van der Waals surface area contributed by atoms with Crippen molar-refractivity contribution < 1.29 is 17.9 Å². The third-order valence-electron chi connectivity index (χ3n) is 5.05. The fourth-order valence-electron chi connectivity index (χ4n) is 3.43. The van der Waals surface area contributed by atoms with E-state index in [4.69, 9.17) is 4.74 Å². The van der Waals surface area contributed by atoms with Crippen LogP contribution in [0.2, 0.25) is 0 Å². The quantitative estimate of drug-likeness (QED) is 0.830. The van der Waals surface area contributed by atoms with Crippen LogP contribution in [0.1, 0.15) is 36.0 Å². The van der Waals surface area contributed by atoms with Crippen LogP contribution in [0.4, 0.5) is 0 Å². The minimum atomic E-state index is -3.82. The highest BCUT2D eigenvalue weighted by Gasteiger charge is 2.31. The van der Waals surface area contributed by atoms with Crippen LogP contribution in [0.25, 0.3) is 0 Å². The summed E-state index contributed by atoms with van der Waals surface area (Å²) in [6, 6.07) is 8.36. The van der Waals surface area contributed by atoms with Crippen molar-refractivity contribution in [1.29, 1.82) is 0 Å². The van der Waals surface area contributed by atoms with Gasteiger partial charge in [-0.1, -0.05) is 18.2 Å². The van der Waals surface area contributed by atoms with E-state index in [0.29, 0.717) is 31.5 Å². The summed E-state index contributed by atoms with van der Waals surface area (Å²) in [6.07, 6.45) is 3.75. The standard InChI is InChI=1S/C18H27N3O4S/c1-20-11-7-16(8-12-20)25-17-9-13-21(14-10-17)26(23,24)19-18(22)15-5-3-2-4-6-15/h2-6,16-17H,7-14H2,1H3,(H,19,22). The number of nitrogens with one attached hydrogen (secondary N) is 1. The van der Waals surface area contributed by atoms with E-state index in [1.54, 1.807) is 30.3 Å². The average Bonchev–Trinajstić information content (AvgIpc) is 2.64. The summed E-state index contributed by atoms with van der Waals surface area (Å²) in [6.45, 7) is 2.83. The zero-order chi connectivity index (χ0) is 18.6. The van der Waals surface area contributed by atoms with E-state index >= 15 is 0 Å². The fourth-order valence-corrected chi connectivity index (χ4v) is 4.60. The molecule has 0 aromatic heterocycles. The highest BCUT2D eigenvalue weighted by atomic mass is 32.2. The number of amides is 1. The van der Waals surface area contributed by atoms with Crippen LogP contribution in [0.5, 0.6) is 0 Å². The summed E-state index contributed by atoms with van der Waals surface area (Å²) in [7, 11) is -1.71. The highest BCUT2D eigenvalue weighted by molar-refractivity contribution is 7.87. The van der Waals surface area contributed by atoms with Crippen molar-refractivity contribution in [3.8, 4) is 0 Å². The third-order valence-corrected chi connectivity index (χ3v) is 6.54. The Labute approximate surface area is 155 Å². The second-order valence-electron chi connectivity index (χ2n) is 7.04. The van der Waals surface area contributed by atoms with E-state index in [0.717, 1.165) is 25.9 Å². The molecule has 0 unspecified atom stereocenters. The molecule has 0 radical (unpaired) electrons. The number of carbonyl (C=O) groups is 1. The molecule has 7 nitrogen and oxygen atoms in total. The van der Waals surface area contributed by atoms with Crippen LogP contribution in [0.15, 0.2) is 30.3 Å². The maximum atomic E-state index is 12.4. The lowest BCUT2D eigenvalue weighted by Gasteiger charge is -2.35. The lowest BCUT2D eigenvalue weighted by atomic mass is 10.1. The molecule has 8 heteroatoms. The Morgan fingerprint density at radius 1 is 1.00 bits per heavy atom. The molecule has 2 fully saturated rings. The number of piperidine rings is 2. The van der Waals surface area contributed by atoms with Gasteiger partial charge in [-0.25, -0.2) is 4.72 Å². The van der Waals surface area contributed by atoms with E-state index in [1.807, 2.05) is 0 Å². The highest BCUT2D eigenvalue weighted by Crippen LogP contribution is 2.21. The Bertz CT molecular complexity index is 694. The van der Waals surface area contributed by atoms with Gasteiger partial charge in [0.05, 0.1) is 12.2 Å². The second-order valence-corrected chi connectivity index (χ2v) is 8.71. The molecular formula is C18H27N3O4S. The van der Waals surface area contributed by atoms with Crippen LogP contribution in [-0.4, -0.2) is 69.0 Å². The molecule has 0 bridgehead atoms. The largest absolute Gasteiger partial charge is 0.375 e. The van der Waals surface area contributed by atoms with Crippen molar-refractivity contribution >= 4 is 16.1 Å². The molecule has 0 atom stereocenters. The molecular weight excluding hydrogens is 354 g/mol. The van der Waals surface area contributed by atoms with Gasteiger partial charge in [-0.3, -0.25) is 4.79 Å². The van der Waals surface area contributed by atoms with Gasteiger partial charge in [0.25, 0.3) is 5.91 Å². The van der Waals surface area contributed by atoms with Gasteiger partial charge in [-0.05, 0) is 44.9 Å². The van der Waals surface area contributed by atoms with E-state index in [2.05, 4.69) is 16.7 Å². The smallest absolute Gasteiger partial charge is 0.304 e. The normalized spacial score (nSPS) is 21.6. The Kier molecular flexibility index (Phi) is 6.29. The van der Waals surface area contributed by atoms with Crippen LogP contribution < -0.4 is 4.72 Å². The number of nitrogens with zero attached hydrogens (tertiary/aromatic N) is 2. The maximum Gasteiger partial charge on any atom is 0.304 e. The zero-order valence-corrected chi connectivity index (χ0v) is 16.0. The van der Waals surface area contributed by atoms with Crippen LogP contribution in [-0.2, 0) is 14.9 Å². The van der Waals surface area contributed by atoms with Gasteiger partial charge >= 0.3 is 10.2 Å². The average molecular weight is 381 g/mol. The van der Waals surface area contributed by atoms with Crippen LogP contribution in [0, 0.1) is 0 Å². The molecule has 1 aromatic rings. The Morgan fingerprint density at radius 3 is 2.12 bits per heavy atom. The van der Waals surface area contributed by atoms with E-state index in [1.165, 1.54) is 4.31 Å². The lowest BCUT2D eigenvalue weighted by molar-refractivity contribution is -0.0564. The van der Waals surface area contributed by atoms with Gasteiger partial charge < -0.3 is 9.64 Å². The molecule has 1 N–H and O–H groups in total. The molecule has 0 saturated carbocycles. The van der Waals surface area contributed by atoms with E-state index in [-0.39, 0.29) is 12.2 Å². The molecule has 1 aromatic carbocycles. The Morgan fingerprint density at radius 2 is 1.54 bits per heavy atom. The molecule has 0 spiro atoms. The Hall–Kier alpha value is -1.48. The first-order chi connectivity index (χ1) is 12.4. The summed E-state index contributed by atoms with van der Waals surface area (Å²) in [5.74, 6) is -0.602. The number of hydrogen-bond donors (Lipinski definition) is 1. The van der Waals surface area contributed by atoms with Gasteiger partial charge in [0.1, 0.15) is 0 Å². The number of likely N-dealkylation sites (tertiary alicyclic amines) is 1. The molecule has 3 rings (SSSR count). The predicted octanol–water partition coefficient (Wildman–Crippen LogP) is 1.24. The number of benzene rings is 1. The van der Waals surface area contributed by atoms with Crippen LogP contribution in [0.3, 0.4) is 0 Å². The molecule has 2 heterocycles. The van der Waals surface area contributed by atoms with Crippen molar-refractivity contribution in [3.05, 3.63) is 35.9 Å². The molecule has 2 aliphatic heterocycles. The summed E-state index contributed by atoms with van der Waals surface area (Å²) in [4.78, 5) is 14.4. The zero-order valence-electron chi connectivity index (χ0n) is 15.1. The summed E-state index contributed by atoms with van der Waals surface area (Å²) >= 11 is 0. The first-order valence-corrected chi connectivity index (χ1v) is 10.6. The molecule has 0 aliphatic carbocycles. The van der Waals surface area contributed by atoms with Gasteiger partial charge in [-0.15, -0.1) is 0 Å². The minimum absolute atomic E-state index is 0.0969. The molecule has 2 aliphatic rings. The van der Waals surface area contributed by atoms with Crippen molar-refractivity contribution in [2.45, 2.75) is 37.9 Å². The molecule has 144 valence electrons. The SMILES string of the molecule is CN1CCC(OC2CCN(S(=O)(=O)NC(=O)c3ccccc3)CC2)CC1. The monoisotopic (exact) mass is 381 g/mol. The maximum absolute atomic E-state index is 12.4. The lowest BCUT2D eigenvalue weighted by Crippen LogP contribution is -2.48. The molecule has 1 amide bonds. The topological polar surface area (TPSA) is 79.0 Å². The van der Waals surface area contributed by atoms with Crippen molar-refractivity contribution in [1.82, 2.24) is 13.9 Å². The summed E-state index contributed by atoms with van der Waals surface area (Å²) < 4.78 is 34.5. The van der Waals surface area contributed by atoms with Crippen LogP contribution >= 0.6 is 0 Å². The van der Waals surface area contributed by atoms with Crippen molar-refractivity contribution in [2.75, 3.05) is 33.2 Å².